The van der Waals surface area contributed by atoms with Crippen molar-refractivity contribution >= 4 is 29.2 Å². The van der Waals surface area contributed by atoms with E-state index in [4.69, 9.17) is 28.3 Å². The number of aliphatic carboxylic acids is 1. The van der Waals surface area contributed by atoms with E-state index in [9.17, 15) is 4.79 Å². The molecule has 0 bridgehead atoms. The van der Waals surface area contributed by atoms with Gasteiger partial charge in [0, 0.05) is 5.41 Å². The molecule has 68 valence electrons. The van der Waals surface area contributed by atoms with Crippen LogP contribution in [0.25, 0.3) is 0 Å². The van der Waals surface area contributed by atoms with Gasteiger partial charge in [0.25, 0.3) is 0 Å². The number of hydrogen-bond acceptors (Lipinski definition) is 1. The van der Waals surface area contributed by atoms with E-state index in [1.165, 1.54) is 0 Å². The lowest BCUT2D eigenvalue weighted by molar-refractivity contribution is -0.139. The first kappa shape index (κ1) is 9.87. The topological polar surface area (TPSA) is 37.3 Å². The third-order valence-corrected chi connectivity index (χ3v) is 2.95. The van der Waals surface area contributed by atoms with Crippen molar-refractivity contribution < 1.29 is 9.90 Å². The van der Waals surface area contributed by atoms with Gasteiger partial charge in [0.15, 0.2) is 0 Å². The van der Waals surface area contributed by atoms with Crippen LogP contribution >= 0.6 is 23.2 Å². The molecule has 1 N–H and O–H groups in total. The molecule has 2 nitrogen and oxygen atoms in total. The van der Waals surface area contributed by atoms with Gasteiger partial charge in [-0.05, 0) is 12.0 Å². The fraction of sp³-hybridized carbons (Fsp3) is 0.625. The zero-order valence-electron chi connectivity index (χ0n) is 6.84. The molecule has 3 unspecified atom stereocenters. The van der Waals surface area contributed by atoms with Gasteiger partial charge in [0.2, 0.25) is 0 Å². The molecule has 0 aromatic heterocycles. The largest absolute Gasteiger partial charge is 0.481 e. The highest BCUT2D eigenvalue weighted by molar-refractivity contribution is 6.55. The van der Waals surface area contributed by atoms with Gasteiger partial charge in [-0.3, -0.25) is 4.79 Å². The summed E-state index contributed by atoms with van der Waals surface area (Å²) in [5.41, 5.74) is -0.356. The Morgan fingerprint density at radius 2 is 2.08 bits per heavy atom. The SMILES string of the molecule is CC1C(C(=O)O)C1(C)C=C(Cl)Cl. The summed E-state index contributed by atoms with van der Waals surface area (Å²) < 4.78 is 0.146. The molecule has 0 aromatic rings. The van der Waals surface area contributed by atoms with E-state index in [2.05, 4.69) is 0 Å². The van der Waals surface area contributed by atoms with Crippen molar-refractivity contribution in [3.63, 3.8) is 0 Å². The maximum Gasteiger partial charge on any atom is 0.307 e. The smallest absolute Gasteiger partial charge is 0.307 e. The van der Waals surface area contributed by atoms with Crippen LogP contribution in [0.4, 0.5) is 0 Å². The number of rotatable bonds is 2. The minimum absolute atomic E-state index is 0.113. The van der Waals surface area contributed by atoms with Crippen LogP contribution in [-0.2, 0) is 4.79 Å². The van der Waals surface area contributed by atoms with Crippen molar-refractivity contribution in [3.8, 4) is 0 Å². The Morgan fingerprint density at radius 3 is 2.33 bits per heavy atom. The quantitative estimate of drug-likeness (QED) is 0.758. The van der Waals surface area contributed by atoms with Crippen molar-refractivity contribution in [1.29, 1.82) is 0 Å². The first-order valence-corrected chi connectivity index (χ1v) is 4.42. The lowest BCUT2D eigenvalue weighted by atomic mass is 10.1. The molecule has 0 heterocycles. The summed E-state index contributed by atoms with van der Waals surface area (Å²) >= 11 is 10.9. The van der Waals surface area contributed by atoms with Gasteiger partial charge in [-0.15, -0.1) is 0 Å². The van der Waals surface area contributed by atoms with Gasteiger partial charge in [0.05, 0.1) is 5.92 Å². The van der Waals surface area contributed by atoms with E-state index >= 15 is 0 Å². The average molecular weight is 209 g/mol. The molecule has 0 aliphatic heterocycles. The van der Waals surface area contributed by atoms with E-state index in [-0.39, 0.29) is 21.7 Å². The molecule has 0 saturated heterocycles. The van der Waals surface area contributed by atoms with E-state index in [1.54, 1.807) is 6.08 Å². The molecule has 0 aromatic carbocycles. The highest BCUT2D eigenvalue weighted by atomic mass is 35.5. The third kappa shape index (κ3) is 1.46. The summed E-state index contributed by atoms with van der Waals surface area (Å²) in [6.45, 7) is 3.73. The summed E-state index contributed by atoms with van der Waals surface area (Å²) in [6.07, 6.45) is 1.61. The number of carbonyl (C=O) groups is 1. The zero-order chi connectivity index (χ0) is 9.52. The van der Waals surface area contributed by atoms with Crippen molar-refractivity contribution in [3.05, 3.63) is 10.6 Å². The second-order valence-electron chi connectivity index (χ2n) is 3.40. The Hall–Kier alpha value is -0.210. The average Bonchev–Trinajstić information content (AvgIpc) is 2.32. The minimum Gasteiger partial charge on any atom is -0.481 e. The summed E-state index contributed by atoms with van der Waals surface area (Å²) in [5, 5.41) is 8.76. The molecule has 1 fully saturated rings. The van der Waals surface area contributed by atoms with Crippen LogP contribution in [-0.4, -0.2) is 11.1 Å². The Morgan fingerprint density at radius 1 is 1.58 bits per heavy atom. The molecule has 0 spiro atoms. The predicted molar refractivity (Wildman–Crippen MR) is 48.2 cm³/mol. The van der Waals surface area contributed by atoms with Crippen LogP contribution in [0.15, 0.2) is 10.6 Å². The fourth-order valence-corrected chi connectivity index (χ4v) is 2.16. The highest BCUT2D eigenvalue weighted by Crippen LogP contribution is 2.60. The molecule has 4 heteroatoms. The van der Waals surface area contributed by atoms with Gasteiger partial charge in [-0.2, -0.15) is 0 Å². The van der Waals surface area contributed by atoms with Crippen molar-refractivity contribution in [2.24, 2.45) is 17.3 Å². The zero-order valence-corrected chi connectivity index (χ0v) is 8.36. The fourth-order valence-electron chi connectivity index (χ4n) is 1.69. The minimum atomic E-state index is -0.782. The number of carboxylic acid groups (broad SMARTS) is 1. The van der Waals surface area contributed by atoms with Crippen LogP contribution in [0.5, 0.6) is 0 Å². The Bertz CT molecular complexity index is 245. The van der Waals surface area contributed by atoms with E-state index in [0.717, 1.165) is 0 Å². The Kier molecular flexibility index (Phi) is 2.41. The molecular weight excluding hydrogens is 199 g/mol. The van der Waals surface area contributed by atoms with Gasteiger partial charge in [0.1, 0.15) is 4.49 Å². The summed E-state index contributed by atoms with van der Waals surface area (Å²) in [7, 11) is 0. The van der Waals surface area contributed by atoms with E-state index in [1.807, 2.05) is 13.8 Å². The van der Waals surface area contributed by atoms with Crippen LogP contribution in [0.2, 0.25) is 0 Å². The van der Waals surface area contributed by atoms with Gasteiger partial charge < -0.3 is 5.11 Å². The van der Waals surface area contributed by atoms with Crippen LogP contribution < -0.4 is 0 Å². The molecule has 1 rings (SSSR count). The highest BCUT2D eigenvalue weighted by Gasteiger charge is 2.61. The number of halogens is 2. The molecule has 1 aliphatic rings. The van der Waals surface area contributed by atoms with Crippen LogP contribution in [0, 0.1) is 17.3 Å². The van der Waals surface area contributed by atoms with Crippen molar-refractivity contribution in [2.75, 3.05) is 0 Å². The molecule has 0 radical (unpaired) electrons. The number of allylic oxidation sites excluding steroid dienone is 1. The predicted octanol–water partition coefficient (Wildman–Crippen LogP) is 2.66. The first-order valence-electron chi connectivity index (χ1n) is 3.66. The third-order valence-electron chi connectivity index (χ3n) is 2.73. The van der Waals surface area contributed by atoms with Crippen LogP contribution in [0.1, 0.15) is 13.8 Å². The van der Waals surface area contributed by atoms with E-state index < -0.39 is 5.97 Å². The molecule has 1 saturated carbocycles. The molecule has 0 amide bonds. The second kappa shape index (κ2) is 2.93. The summed E-state index contributed by atoms with van der Waals surface area (Å²) in [5.74, 6) is -1.01. The lowest BCUT2D eigenvalue weighted by Gasteiger charge is -2.01. The Balaban J connectivity index is 2.79. The van der Waals surface area contributed by atoms with Gasteiger partial charge in [-0.1, -0.05) is 37.0 Å². The maximum atomic E-state index is 10.7. The van der Waals surface area contributed by atoms with Crippen molar-refractivity contribution in [2.45, 2.75) is 13.8 Å². The second-order valence-corrected chi connectivity index (χ2v) is 4.41. The maximum absolute atomic E-state index is 10.7. The van der Waals surface area contributed by atoms with Gasteiger partial charge in [-0.25, -0.2) is 0 Å². The summed E-state index contributed by atoms with van der Waals surface area (Å²) in [4.78, 5) is 10.7. The lowest BCUT2D eigenvalue weighted by Crippen LogP contribution is -2.04. The van der Waals surface area contributed by atoms with Gasteiger partial charge >= 0.3 is 5.97 Å². The molecular formula is C8H10Cl2O2. The molecule has 1 aliphatic carbocycles. The van der Waals surface area contributed by atoms with E-state index in [0.29, 0.717) is 0 Å². The number of carboxylic acids is 1. The molecule has 12 heavy (non-hydrogen) atoms. The van der Waals surface area contributed by atoms with Crippen LogP contribution in [0.3, 0.4) is 0 Å². The molecule has 3 atom stereocenters. The monoisotopic (exact) mass is 208 g/mol. The van der Waals surface area contributed by atoms with Crippen molar-refractivity contribution in [1.82, 2.24) is 0 Å². The first-order chi connectivity index (χ1) is 5.39. The standard InChI is InChI=1S/C8H10Cl2O2/c1-4-6(7(11)12)8(4,2)3-5(9)10/h3-4,6H,1-2H3,(H,11,12). The number of hydrogen-bond donors (Lipinski definition) is 1. The summed E-state index contributed by atoms with van der Waals surface area (Å²) in [6, 6.07) is 0. The Labute approximate surface area is 81.2 Å². The normalized spacial score (nSPS) is 39.0.